The molecule has 1 saturated heterocycles. The Bertz CT molecular complexity index is 653. The van der Waals surface area contributed by atoms with E-state index < -0.39 is 0 Å². The minimum Gasteiger partial charge on any atom is -0.462 e. The van der Waals surface area contributed by atoms with E-state index in [1.54, 1.807) is 6.92 Å². The fraction of sp³-hybridized carbons (Fsp3) is 0.522. The third-order valence-electron chi connectivity index (χ3n) is 4.66. The summed E-state index contributed by atoms with van der Waals surface area (Å²) in [5.41, 5.74) is 1.12. The molecule has 28 heavy (non-hydrogen) atoms. The first kappa shape index (κ1) is 24.3. The number of halogens is 1. The summed E-state index contributed by atoms with van der Waals surface area (Å²) >= 11 is 5.93. The van der Waals surface area contributed by atoms with Crippen LogP contribution in [-0.4, -0.2) is 36.5 Å². The molecule has 1 aromatic rings. The lowest BCUT2D eigenvalue weighted by atomic mass is 10.1. The van der Waals surface area contributed by atoms with E-state index in [2.05, 4.69) is 11.4 Å². The number of benzene rings is 1. The van der Waals surface area contributed by atoms with Crippen LogP contribution in [0.2, 0.25) is 5.02 Å². The van der Waals surface area contributed by atoms with Gasteiger partial charge in [-0.1, -0.05) is 37.6 Å². The first-order valence-electron chi connectivity index (χ1n) is 10.2. The van der Waals surface area contributed by atoms with E-state index in [9.17, 15) is 4.79 Å². The van der Waals surface area contributed by atoms with Crippen molar-refractivity contribution in [1.29, 1.82) is 0 Å². The lowest BCUT2D eigenvalue weighted by molar-refractivity contribution is -0.128. The van der Waals surface area contributed by atoms with E-state index in [-0.39, 0.29) is 5.91 Å². The molecular formula is C23H35ClN2O2. The highest BCUT2D eigenvalue weighted by molar-refractivity contribution is 6.30. The van der Waals surface area contributed by atoms with Gasteiger partial charge in [-0.3, -0.25) is 4.79 Å². The highest BCUT2D eigenvalue weighted by atomic mass is 35.5. The van der Waals surface area contributed by atoms with Crippen LogP contribution in [0.3, 0.4) is 0 Å². The van der Waals surface area contributed by atoms with Crippen LogP contribution in [-0.2, 0) is 4.79 Å². The largest absolute Gasteiger partial charge is 0.462 e. The van der Waals surface area contributed by atoms with Crippen molar-refractivity contribution >= 4 is 17.5 Å². The van der Waals surface area contributed by atoms with E-state index >= 15 is 0 Å². The molecule has 0 saturated carbocycles. The molecule has 5 heteroatoms. The predicted octanol–water partition coefficient (Wildman–Crippen LogP) is 5.59. The van der Waals surface area contributed by atoms with Crippen molar-refractivity contribution in [3.8, 4) is 5.75 Å². The molecule has 0 bridgehead atoms. The van der Waals surface area contributed by atoms with E-state index in [0.29, 0.717) is 11.1 Å². The van der Waals surface area contributed by atoms with Gasteiger partial charge in [0, 0.05) is 43.2 Å². The lowest BCUT2D eigenvalue weighted by Crippen LogP contribution is -2.33. The van der Waals surface area contributed by atoms with Crippen LogP contribution in [0, 0.1) is 0 Å². The zero-order valence-electron chi connectivity index (χ0n) is 17.9. The maximum atomic E-state index is 11.6. The maximum absolute atomic E-state index is 11.6. The smallest absolute Gasteiger partial charge is 0.219 e. The van der Waals surface area contributed by atoms with Gasteiger partial charge in [0.15, 0.2) is 0 Å². The van der Waals surface area contributed by atoms with Crippen molar-refractivity contribution in [2.75, 3.05) is 19.6 Å². The van der Waals surface area contributed by atoms with Gasteiger partial charge in [-0.05, 0) is 57.4 Å². The molecule has 1 N–H and O–H groups in total. The van der Waals surface area contributed by atoms with E-state index in [1.165, 1.54) is 0 Å². The van der Waals surface area contributed by atoms with Crippen LogP contribution < -0.4 is 10.1 Å². The van der Waals surface area contributed by atoms with E-state index in [0.717, 1.165) is 56.0 Å². The van der Waals surface area contributed by atoms with Gasteiger partial charge in [0.2, 0.25) is 5.91 Å². The van der Waals surface area contributed by atoms with Gasteiger partial charge in [-0.2, -0.15) is 0 Å². The molecule has 0 radical (unpaired) electrons. The number of carbonyl (C=O) groups is 1. The number of likely N-dealkylation sites (tertiary alicyclic amines) is 1. The molecule has 0 spiro atoms. The molecule has 0 aliphatic carbocycles. The van der Waals surface area contributed by atoms with Crippen molar-refractivity contribution in [1.82, 2.24) is 10.2 Å². The molecule has 1 aliphatic heterocycles. The summed E-state index contributed by atoms with van der Waals surface area (Å²) in [5.74, 6) is 1.82. The molecule has 1 aliphatic rings. The normalized spacial score (nSPS) is 18.1. The molecule has 4 nitrogen and oxygen atoms in total. The third kappa shape index (κ3) is 8.49. The van der Waals surface area contributed by atoms with Crippen LogP contribution in [0.5, 0.6) is 5.75 Å². The van der Waals surface area contributed by atoms with Crippen LogP contribution in [0.1, 0.15) is 53.9 Å². The highest BCUT2D eigenvalue weighted by Gasteiger charge is 2.18. The standard InChI is InChI=1S/C21H29ClN2O2.C2H6/c1-4-6-18(16(2)26-21-10-8-19(22)9-11-21)15-23-20-7-5-13-24(14-12-20)17(3)25;1-2/h4,6,8-11,20,23H,5,7,12-15H2,1-3H3;1-2H3/b6-4-,18-16-;. The van der Waals surface area contributed by atoms with Crippen molar-refractivity contribution in [3.63, 3.8) is 0 Å². The predicted molar refractivity (Wildman–Crippen MR) is 119 cm³/mol. The van der Waals surface area contributed by atoms with Gasteiger partial charge in [0.05, 0.1) is 0 Å². The van der Waals surface area contributed by atoms with Crippen LogP contribution in [0.25, 0.3) is 0 Å². The summed E-state index contributed by atoms with van der Waals surface area (Å²) < 4.78 is 5.97. The number of carbonyl (C=O) groups excluding carboxylic acids is 1. The molecule has 1 atom stereocenters. The zero-order valence-corrected chi connectivity index (χ0v) is 18.7. The Balaban J connectivity index is 0.00000190. The van der Waals surface area contributed by atoms with Crippen molar-refractivity contribution in [3.05, 3.63) is 52.8 Å². The summed E-state index contributed by atoms with van der Waals surface area (Å²) in [6, 6.07) is 7.80. The molecule has 1 aromatic carbocycles. The minimum atomic E-state index is 0.173. The Kier molecular flexibility index (Phi) is 11.6. The molecule has 1 amide bonds. The van der Waals surface area contributed by atoms with Crippen molar-refractivity contribution in [2.45, 2.75) is 59.9 Å². The second kappa shape index (κ2) is 13.4. The topological polar surface area (TPSA) is 41.6 Å². The van der Waals surface area contributed by atoms with Gasteiger partial charge in [0.25, 0.3) is 0 Å². The van der Waals surface area contributed by atoms with Gasteiger partial charge in [-0.15, -0.1) is 0 Å². The second-order valence-electron chi connectivity index (χ2n) is 6.65. The molecular weight excluding hydrogens is 372 g/mol. The molecule has 156 valence electrons. The van der Waals surface area contributed by atoms with Gasteiger partial charge in [-0.25, -0.2) is 0 Å². The molecule has 2 rings (SSSR count). The summed E-state index contributed by atoms with van der Waals surface area (Å²) in [5, 5.41) is 4.33. The number of hydrogen-bond acceptors (Lipinski definition) is 3. The second-order valence-corrected chi connectivity index (χ2v) is 7.09. The fourth-order valence-corrected chi connectivity index (χ4v) is 3.24. The van der Waals surface area contributed by atoms with Gasteiger partial charge < -0.3 is 15.0 Å². The fourth-order valence-electron chi connectivity index (χ4n) is 3.12. The average molecular weight is 407 g/mol. The van der Waals surface area contributed by atoms with E-state index in [4.69, 9.17) is 16.3 Å². The number of hydrogen-bond donors (Lipinski definition) is 1. The number of nitrogens with zero attached hydrogens (tertiary/aromatic N) is 1. The Morgan fingerprint density at radius 1 is 1.21 bits per heavy atom. The van der Waals surface area contributed by atoms with Gasteiger partial charge >= 0.3 is 0 Å². The van der Waals surface area contributed by atoms with Gasteiger partial charge in [0.1, 0.15) is 11.5 Å². The number of allylic oxidation sites excluding steroid dienone is 2. The maximum Gasteiger partial charge on any atom is 0.219 e. The Morgan fingerprint density at radius 2 is 1.89 bits per heavy atom. The molecule has 1 unspecified atom stereocenters. The minimum absolute atomic E-state index is 0.173. The highest BCUT2D eigenvalue weighted by Crippen LogP contribution is 2.20. The zero-order chi connectivity index (χ0) is 20.9. The third-order valence-corrected chi connectivity index (χ3v) is 4.91. The Hall–Kier alpha value is -1.78. The van der Waals surface area contributed by atoms with Crippen molar-refractivity contribution in [2.24, 2.45) is 0 Å². The van der Waals surface area contributed by atoms with Crippen LogP contribution in [0.4, 0.5) is 0 Å². The molecule has 1 fully saturated rings. The first-order valence-corrected chi connectivity index (χ1v) is 10.6. The van der Waals surface area contributed by atoms with Crippen LogP contribution in [0.15, 0.2) is 47.7 Å². The summed E-state index contributed by atoms with van der Waals surface area (Å²) in [7, 11) is 0. The summed E-state index contributed by atoms with van der Waals surface area (Å²) in [6.07, 6.45) is 7.22. The summed E-state index contributed by atoms with van der Waals surface area (Å²) in [4.78, 5) is 13.5. The number of nitrogens with one attached hydrogen (secondary N) is 1. The molecule has 1 heterocycles. The number of rotatable bonds is 6. The van der Waals surface area contributed by atoms with Crippen LogP contribution >= 0.6 is 11.6 Å². The molecule has 0 aromatic heterocycles. The first-order chi connectivity index (χ1) is 13.5. The average Bonchev–Trinajstić information content (AvgIpc) is 2.94. The SMILES string of the molecule is C/C=C\C(CNC1CCCN(C(C)=O)CC1)=C(/C)Oc1ccc(Cl)cc1.CC. The number of ether oxygens (including phenoxy) is 1. The van der Waals surface area contributed by atoms with Crippen molar-refractivity contribution < 1.29 is 9.53 Å². The van der Waals surface area contributed by atoms with E-state index in [1.807, 2.05) is 62.9 Å². The quantitative estimate of drug-likeness (QED) is 0.494. The lowest BCUT2D eigenvalue weighted by Gasteiger charge is -2.20. The Labute approximate surface area is 175 Å². The monoisotopic (exact) mass is 406 g/mol. The summed E-state index contributed by atoms with van der Waals surface area (Å²) in [6.45, 7) is 12.1. The number of amides is 1. The Morgan fingerprint density at radius 3 is 2.50 bits per heavy atom.